The first-order valence-electron chi connectivity index (χ1n) is 5.68. The van der Waals surface area contributed by atoms with E-state index in [0.29, 0.717) is 6.29 Å². The van der Waals surface area contributed by atoms with Gasteiger partial charge in [0.05, 0.1) is 11.4 Å². The fourth-order valence-electron chi connectivity index (χ4n) is 2.10. The Balaban J connectivity index is 2.30. The molecule has 0 fully saturated rings. The Hall–Kier alpha value is -1.20. The summed E-state index contributed by atoms with van der Waals surface area (Å²) < 4.78 is 25.8. The number of benzene rings is 1. The van der Waals surface area contributed by atoms with Crippen LogP contribution < -0.4 is 4.72 Å². The highest BCUT2D eigenvalue weighted by molar-refractivity contribution is 7.89. The van der Waals surface area contributed by atoms with Crippen LogP contribution in [0.25, 0.3) is 0 Å². The molecule has 0 radical (unpaired) electrons. The van der Waals surface area contributed by atoms with E-state index >= 15 is 0 Å². The summed E-state index contributed by atoms with van der Waals surface area (Å²) in [4.78, 5) is 10.4. The summed E-state index contributed by atoms with van der Waals surface area (Å²) in [5.41, 5.74) is 2.36. The third-order valence-corrected chi connectivity index (χ3v) is 4.41. The summed E-state index contributed by atoms with van der Waals surface area (Å²) in [5, 5.41) is 0. The van der Waals surface area contributed by atoms with E-state index < -0.39 is 10.0 Å². The molecular weight excluding hydrogens is 238 g/mol. The highest BCUT2D eigenvalue weighted by Crippen LogP contribution is 2.23. The summed E-state index contributed by atoms with van der Waals surface area (Å²) in [6.07, 6.45) is 4.78. The number of aldehydes is 1. The summed E-state index contributed by atoms with van der Waals surface area (Å²) in [7, 11) is -3.54. The molecule has 2 rings (SSSR count). The maximum Gasteiger partial charge on any atom is 0.240 e. The van der Waals surface area contributed by atoms with Crippen LogP contribution in [0.15, 0.2) is 23.1 Å². The van der Waals surface area contributed by atoms with Crippen molar-refractivity contribution >= 4 is 16.3 Å². The molecule has 0 amide bonds. The van der Waals surface area contributed by atoms with Gasteiger partial charge in [-0.05, 0) is 48.9 Å². The Labute approximate surface area is 101 Å². The van der Waals surface area contributed by atoms with Crippen LogP contribution in [0.2, 0.25) is 0 Å². The first-order valence-corrected chi connectivity index (χ1v) is 7.17. The maximum absolute atomic E-state index is 11.8. The number of sulfonamides is 1. The molecule has 1 aliphatic rings. The molecule has 1 N–H and O–H groups in total. The van der Waals surface area contributed by atoms with E-state index in [-0.39, 0.29) is 11.4 Å². The molecule has 0 aromatic heterocycles. The SMILES string of the molecule is O=CCNS(=O)(=O)c1ccc2c(c1)CCCC2. The molecule has 0 atom stereocenters. The fourth-order valence-corrected chi connectivity index (χ4v) is 3.10. The van der Waals surface area contributed by atoms with Crippen molar-refractivity contribution in [1.29, 1.82) is 0 Å². The molecule has 0 bridgehead atoms. The van der Waals surface area contributed by atoms with Crippen LogP contribution in [0, 0.1) is 0 Å². The second-order valence-corrected chi connectivity index (χ2v) is 5.92. The summed E-state index contributed by atoms with van der Waals surface area (Å²) in [6.45, 7) is -0.181. The van der Waals surface area contributed by atoms with Gasteiger partial charge < -0.3 is 4.79 Å². The predicted octanol–water partition coefficient (Wildman–Crippen LogP) is 1.04. The number of nitrogens with one attached hydrogen (secondary N) is 1. The smallest absolute Gasteiger partial charge is 0.240 e. The first-order chi connectivity index (χ1) is 8.13. The average molecular weight is 253 g/mol. The van der Waals surface area contributed by atoms with Crippen LogP contribution in [0.3, 0.4) is 0 Å². The molecule has 1 aromatic carbocycles. The second-order valence-electron chi connectivity index (χ2n) is 4.16. The molecule has 5 heteroatoms. The van der Waals surface area contributed by atoms with Crippen molar-refractivity contribution in [3.63, 3.8) is 0 Å². The van der Waals surface area contributed by atoms with Crippen molar-refractivity contribution in [2.75, 3.05) is 6.54 Å². The van der Waals surface area contributed by atoms with Gasteiger partial charge in [-0.2, -0.15) is 0 Å². The monoisotopic (exact) mass is 253 g/mol. The number of aryl methyl sites for hydroxylation is 2. The molecule has 0 spiro atoms. The van der Waals surface area contributed by atoms with Crippen LogP contribution in [0.5, 0.6) is 0 Å². The average Bonchev–Trinajstić information content (AvgIpc) is 2.36. The molecule has 17 heavy (non-hydrogen) atoms. The molecular formula is C12H15NO3S. The molecule has 92 valence electrons. The van der Waals surface area contributed by atoms with E-state index in [2.05, 4.69) is 4.72 Å². The lowest BCUT2D eigenvalue weighted by molar-refractivity contribution is -0.106. The van der Waals surface area contributed by atoms with Crippen LogP contribution in [-0.2, 0) is 27.7 Å². The topological polar surface area (TPSA) is 63.2 Å². The lowest BCUT2D eigenvalue weighted by Crippen LogP contribution is -2.25. The molecule has 4 nitrogen and oxygen atoms in total. The van der Waals surface area contributed by atoms with Crippen LogP contribution in [0.1, 0.15) is 24.0 Å². The molecule has 0 aliphatic heterocycles. The van der Waals surface area contributed by atoms with Crippen molar-refractivity contribution < 1.29 is 13.2 Å². The number of carbonyl (C=O) groups excluding carboxylic acids is 1. The highest BCUT2D eigenvalue weighted by Gasteiger charge is 2.16. The summed E-state index contributed by atoms with van der Waals surface area (Å²) >= 11 is 0. The molecule has 0 unspecified atom stereocenters. The quantitative estimate of drug-likeness (QED) is 0.816. The van der Waals surface area contributed by atoms with Gasteiger partial charge in [-0.1, -0.05) is 6.07 Å². The van der Waals surface area contributed by atoms with Gasteiger partial charge in [0.2, 0.25) is 10.0 Å². The Morgan fingerprint density at radius 2 is 1.88 bits per heavy atom. The van der Waals surface area contributed by atoms with E-state index in [1.807, 2.05) is 6.07 Å². The first kappa shape index (κ1) is 12.3. The number of hydrogen-bond acceptors (Lipinski definition) is 3. The Morgan fingerprint density at radius 3 is 2.59 bits per heavy atom. The largest absolute Gasteiger partial charge is 0.302 e. The normalized spacial score (nSPS) is 15.3. The lowest BCUT2D eigenvalue weighted by Gasteiger charge is -2.16. The van der Waals surface area contributed by atoms with Crippen molar-refractivity contribution in [2.45, 2.75) is 30.6 Å². The van der Waals surface area contributed by atoms with Gasteiger partial charge in [-0.15, -0.1) is 0 Å². The van der Waals surface area contributed by atoms with E-state index in [0.717, 1.165) is 24.8 Å². The van der Waals surface area contributed by atoms with E-state index in [9.17, 15) is 13.2 Å². The molecule has 0 heterocycles. The number of carbonyl (C=O) groups is 1. The van der Waals surface area contributed by atoms with Gasteiger partial charge >= 0.3 is 0 Å². The third kappa shape index (κ3) is 2.73. The number of rotatable bonds is 4. The minimum atomic E-state index is -3.54. The van der Waals surface area contributed by atoms with Gasteiger partial charge in [0.1, 0.15) is 6.29 Å². The zero-order chi connectivity index (χ0) is 12.3. The van der Waals surface area contributed by atoms with Gasteiger partial charge in [0.25, 0.3) is 0 Å². The molecule has 0 saturated carbocycles. The minimum Gasteiger partial charge on any atom is -0.302 e. The predicted molar refractivity (Wildman–Crippen MR) is 64.3 cm³/mol. The van der Waals surface area contributed by atoms with Crippen molar-refractivity contribution in [3.05, 3.63) is 29.3 Å². The van der Waals surface area contributed by atoms with Crippen LogP contribution in [-0.4, -0.2) is 21.2 Å². The van der Waals surface area contributed by atoms with Crippen LogP contribution in [0.4, 0.5) is 0 Å². The van der Waals surface area contributed by atoms with E-state index in [4.69, 9.17) is 0 Å². The zero-order valence-electron chi connectivity index (χ0n) is 9.48. The Bertz CT molecular complexity index is 523. The summed E-state index contributed by atoms with van der Waals surface area (Å²) in [5.74, 6) is 0. The number of fused-ring (bicyclic) bond motifs is 1. The van der Waals surface area contributed by atoms with Gasteiger partial charge in [-0.3, -0.25) is 0 Å². The maximum atomic E-state index is 11.8. The number of hydrogen-bond donors (Lipinski definition) is 1. The standard InChI is InChI=1S/C12H15NO3S/c14-8-7-13-17(15,16)12-6-5-10-3-1-2-4-11(10)9-12/h5-6,8-9,13H,1-4,7H2. The van der Waals surface area contributed by atoms with Gasteiger partial charge in [0, 0.05) is 0 Å². The van der Waals surface area contributed by atoms with Crippen LogP contribution >= 0.6 is 0 Å². The minimum absolute atomic E-state index is 0.181. The van der Waals surface area contributed by atoms with Gasteiger partial charge in [-0.25, -0.2) is 13.1 Å². The Morgan fingerprint density at radius 1 is 1.18 bits per heavy atom. The lowest BCUT2D eigenvalue weighted by atomic mass is 9.92. The molecule has 1 aliphatic carbocycles. The Kier molecular flexibility index (Phi) is 3.59. The van der Waals surface area contributed by atoms with Crippen molar-refractivity contribution in [3.8, 4) is 0 Å². The molecule has 0 saturated heterocycles. The third-order valence-electron chi connectivity index (χ3n) is 2.99. The zero-order valence-corrected chi connectivity index (χ0v) is 10.3. The van der Waals surface area contributed by atoms with E-state index in [1.165, 1.54) is 12.0 Å². The van der Waals surface area contributed by atoms with Crippen molar-refractivity contribution in [1.82, 2.24) is 4.72 Å². The molecule has 1 aromatic rings. The van der Waals surface area contributed by atoms with Gasteiger partial charge in [0.15, 0.2) is 0 Å². The summed E-state index contributed by atoms with van der Waals surface area (Å²) in [6, 6.07) is 5.21. The second kappa shape index (κ2) is 4.98. The van der Waals surface area contributed by atoms with E-state index in [1.54, 1.807) is 12.1 Å². The fraction of sp³-hybridized carbons (Fsp3) is 0.417. The highest BCUT2D eigenvalue weighted by atomic mass is 32.2. The van der Waals surface area contributed by atoms with Crippen molar-refractivity contribution in [2.24, 2.45) is 0 Å².